The van der Waals surface area contributed by atoms with Crippen molar-refractivity contribution in [3.05, 3.63) is 0 Å². The van der Waals surface area contributed by atoms with Crippen LogP contribution < -0.4 is 10.6 Å². The summed E-state index contributed by atoms with van der Waals surface area (Å²) in [5.41, 5.74) is 0. The average molecular weight is 531 g/mol. The minimum absolute atomic E-state index is 0.294. The van der Waals surface area contributed by atoms with Crippen molar-refractivity contribution in [2.75, 3.05) is 53.4 Å². The number of urea groups is 2. The predicted octanol–water partition coefficient (Wildman–Crippen LogP) is -0.988. The van der Waals surface area contributed by atoms with Gasteiger partial charge in [0, 0.05) is 53.4 Å². The second-order valence-corrected chi connectivity index (χ2v) is 11.5. The first kappa shape index (κ1) is 26.0. The van der Waals surface area contributed by atoms with Gasteiger partial charge in [0.05, 0.1) is 0 Å². The minimum atomic E-state index is -0.557. The van der Waals surface area contributed by atoms with Crippen molar-refractivity contribution in [1.82, 2.24) is 40.0 Å². The Hall–Kier alpha value is -3.58. The molecule has 2 N–H and O–H groups in total. The summed E-state index contributed by atoms with van der Waals surface area (Å²) in [5, 5.41) is 4.90. The highest BCUT2D eigenvalue weighted by Gasteiger charge is 2.52. The first-order valence-electron chi connectivity index (χ1n) is 13.3. The highest BCUT2D eigenvalue weighted by Crippen LogP contribution is 2.29. The van der Waals surface area contributed by atoms with E-state index < -0.39 is 36.5 Å². The molecule has 3 fully saturated rings. The number of likely N-dealkylation sites (N-methyl/N-ethyl adjacent to an activating group) is 2. The normalized spacial score (nSPS) is 29.7. The van der Waals surface area contributed by atoms with Crippen LogP contribution in [0.1, 0.15) is 27.7 Å². The summed E-state index contributed by atoms with van der Waals surface area (Å²) >= 11 is 0. The summed E-state index contributed by atoms with van der Waals surface area (Å²) in [6.07, 6.45) is -1.11. The lowest BCUT2D eigenvalue weighted by atomic mass is 10.1. The first-order valence-corrected chi connectivity index (χ1v) is 13.3. The van der Waals surface area contributed by atoms with Gasteiger partial charge in [-0.05, 0) is 11.8 Å². The molecule has 0 radical (unpaired) electrons. The largest absolute Gasteiger partial charge is 0.339 e. The van der Waals surface area contributed by atoms with Crippen LogP contribution in [0.2, 0.25) is 0 Å². The fraction of sp³-hybridized carbons (Fsp3) is 0.750. The number of carbonyl (C=O) groups excluding carboxylic acids is 4. The SMILES string of the molecule is CC(C)CN1C(N2CCN(C3=NC4C(C(=O)NC(=O)N4C)N3CC(C)C)CC2)=NC2C1C(=O)NC(=O)N2C. The van der Waals surface area contributed by atoms with E-state index in [1.165, 1.54) is 9.80 Å². The quantitative estimate of drug-likeness (QED) is 0.473. The molecular formula is C24H38N10O4. The Kier molecular flexibility index (Phi) is 6.59. The van der Waals surface area contributed by atoms with E-state index >= 15 is 0 Å². The van der Waals surface area contributed by atoms with E-state index in [1.807, 2.05) is 9.80 Å². The maximum atomic E-state index is 12.8. The number of hydrogen-bond donors (Lipinski definition) is 2. The van der Waals surface area contributed by atoms with E-state index in [0.29, 0.717) is 51.1 Å². The lowest BCUT2D eigenvalue weighted by Crippen LogP contribution is -2.65. The molecule has 0 spiro atoms. The van der Waals surface area contributed by atoms with E-state index in [2.05, 4.69) is 48.1 Å². The Morgan fingerprint density at radius 1 is 0.684 bits per heavy atom. The fourth-order valence-electron chi connectivity index (χ4n) is 5.83. The smallest absolute Gasteiger partial charge is 0.325 e. The van der Waals surface area contributed by atoms with Crippen molar-refractivity contribution in [2.24, 2.45) is 21.8 Å². The Balaban J connectivity index is 1.35. The van der Waals surface area contributed by atoms with Crippen molar-refractivity contribution in [1.29, 1.82) is 0 Å². The van der Waals surface area contributed by atoms with E-state index in [4.69, 9.17) is 9.98 Å². The number of aliphatic imine (C=N–C) groups is 2. The Bertz CT molecular complexity index is 998. The molecule has 0 aromatic heterocycles. The molecule has 4 atom stereocenters. The number of fused-ring (bicyclic) bond motifs is 2. The van der Waals surface area contributed by atoms with Crippen LogP contribution in [0.4, 0.5) is 9.59 Å². The van der Waals surface area contributed by atoms with Gasteiger partial charge in [0.25, 0.3) is 11.8 Å². The summed E-state index contributed by atoms with van der Waals surface area (Å²) in [6, 6.07) is -1.98. The zero-order chi connectivity index (χ0) is 27.5. The van der Waals surface area contributed by atoms with Crippen molar-refractivity contribution in [2.45, 2.75) is 52.1 Å². The predicted molar refractivity (Wildman–Crippen MR) is 139 cm³/mol. The number of carbonyl (C=O) groups is 4. The van der Waals surface area contributed by atoms with Gasteiger partial charge in [0.1, 0.15) is 0 Å². The molecule has 14 heteroatoms. The van der Waals surface area contributed by atoms with E-state index in [1.54, 1.807) is 14.1 Å². The second kappa shape index (κ2) is 9.62. The molecule has 5 aliphatic heterocycles. The van der Waals surface area contributed by atoms with Gasteiger partial charge in [0.2, 0.25) is 0 Å². The number of imide groups is 2. The van der Waals surface area contributed by atoms with Gasteiger partial charge in [-0.1, -0.05) is 27.7 Å². The van der Waals surface area contributed by atoms with Crippen LogP contribution in [0.3, 0.4) is 0 Å². The number of nitrogens with zero attached hydrogens (tertiary/aromatic N) is 8. The van der Waals surface area contributed by atoms with Crippen LogP contribution in [0, 0.1) is 11.8 Å². The van der Waals surface area contributed by atoms with Gasteiger partial charge in [-0.25, -0.2) is 19.6 Å². The zero-order valence-electron chi connectivity index (χ0n) is 22.9. The molecular weight excluding hydrogens is 492 g/mol. The third-order valence-electron chi connectivity index (χ3n) is 7.65. The Morgan fingerprint density at radius 3 is 1.34 bits per heavy atom. The summed E-state index contributed by atoms with van der Waals surface area (Å²) in [5.74, 6) is 1.41. The monoisotopic (exact) mass is 530 g/mol. The molecule has 0 saturated carbocycles. The molecule has 6 amide bonds. The highest BCUT2D eigenvalue weighted by molar-refractivity contribution is 6.04. The first-order chi connectivity index (χ1) is 18.0. The summed E-state index contributed by atoms with van der Waals surface area (Å²) in [6.45, 7) is 12.2. The zero-order valence-corrected chi connectivity index (χ0v) is 22.9. The van der Waals surface area contributed by atoms with E-state index in [0.717, 1.165) is 11.9 Å². The van der Waals surface area contributed by atoms with Crippen LogP contribution >= 0.6 is 0 Å². The number of guanidine groups is 2. The van der Waals surface area contributed by atoms with Gasteiger partial charge in [0.15, 0.2) is 36.3 Å². The molecule has 0 aromatic rings. The Morgan fingerprint density at radius 2 is 1.03 bits per heavy atom. The fourth-order valence-corrected chi connectivity index (χ4v) is 5.83. The molecule has 5 heterocycles. The molecule has 5 rings (SSSR count). The maximum absolute atomic E-state index is 12.8. The number of nitrogens with one attached hydrogen (secondary N) is 2. The van der Waals surface area contributed by atoms with Crippen LogP contribution in [0.15, 0.2) is 9.98 Å². The summed E-state index contributed by atoms with van der Waals surface area (Å²) < 4.78 is 0. The lowest BCUT2D eigenvalue weighted by molar-refractivity contribution is -0.128. The molecule has 14 nitrogen and oxygen atoms in total. The third-order valence-corrected chi connectivity index (χ3v) is 7.65. The number of piperazine rings is 1. The number of hydrogen-bond acceptors (Lipinski definition) is 10. The van der Waals surface area contributed by atoms with Gasteiger partial charge in [-0.3, -0.25) is 20.2 Å². The standard InChI is InChI=1S/C24H38N10O4/c1-13(2)11-33-15-17(29(5)23(37)27-19(15)35)25-21(33)31-7-9-32(10-8-31)22-26-18-16(34(22)12-14(3)4)20(36)28-24(38)30(18)6/h13-18H,7-12H2,1-6H3,(H,27,35,37)(H,28,36,38). The molecule has 0 aliphatic carbocycles. The molecule has 5 aliphatic rings. The maximum Gasteiger partial charge on any atom is 0.325 e. The second-order valence-electron chi connectivity index (χ2n) is 11.5. The molecule has 4 unspecified atom stereocenters. The number of amides is 6. The van der Waals surface area contributed by atoms with Crippen LogP contribution in [-0.4, -0.2) is 143 Å². The molecule has 3 saturated heterocycles. The molecule has 38 heavy (non-hydrogen) atoms. The summed E-state index contributed by atoms with van der Waals surface area (Å²) in [4.78, 5) is 71.2. The number of rotatable bonds is 4. The van der Waals surface area contributed by atoms with Crippen molar-refractivity contribution >= 4 is 35.8 Å². The van der Waals surface area contributed by atoms with Crippen LogP contribution in [0.25, 0.3) is 0 Å². The van der Waals surface area contributed by atoms with Crippen LogP contribution in [0.5, 0.6) is 0 Å². The van der Waals surface area contributed by atoms with E-state index in [-0.39, 0.29) is 11.8 Å². The Labute approximate surface area is 222 Å². The van der Waals surface area contributed by atoms with Gasteiger partial charge in [-0.2, -0.15) is 0 Å². The molecule has 208 valence electrons. The highest BCUT2D eigenvalue weighted by atomic mass is 16.2. The molecule has 0 bridgehead atoms. The third kappa shape index (κ3) is 4.29. The van der Waals surface area contributed by atoms with Gasteiger partial charge < -0.3 is 29.4 Å². The lowest BCUT2D eigenvalue weighted by Gasteiger charge is -2.43. The van der Waals surface area contributed by atoms with Gasteiger partial charge in [-0.15, -0.1) is 0 Å². The van der Waals surface area contributed by atoms with Crippen molar-refractivity contribution in [3.8, 4) is 0 Å². The van der Waals surface area contributed by atoms with Gasteiger partial charge >= 0.3 is 12.1 Å². The van der Waals surface area contributed by atoms with Crippen molar-refractivity contribution < 1.29 is 19.2 Å². The summed E-state index contributed by atoms with van der Waals surface area (Å²) in [7, 11) is 3.33. The van der Waals surface area contributed by atoms with Crippen LogP contribution in [-0.2, 0) is 9.59 Å². The van der Waals surface area contributed by atoms with E-state index in [9.17, 15) is 19.2 Å². The average Bonchev–Trinajstić information content (AvgIpc) is 3.40. The topological polar surface area (TPSA) is 136 Å². The van der Waals surface area contributed by atoms with Crippen molar-refractivity contribution in [3.63, 3.8) is 0 Å². The molecule has 0 aromatic carbocycles. The minimum Gasteiger partial charge on any atom is -0.339 e.